The van der Waals surface area contributed by atoms with Crippen LogP contribution in [0.1, 0.15) is 24.6 Å². The van der Waals surface area contributed by atoms with Crippen LogP contribution in [0.15, 0.2) is 65.6 Å². The third-order valence-electron chi connectivity index (χ3n) is 4.53. The maximum Gasteiger partial charge on any atom is 0.328 e. The molecule has 0 bridgehead atoms. The van der Waals surface area contributed by atoms with Gasteiger partial charge in [-0.2, -0.15) is 0 Å². The fraction of sp³-hybridized carbons (Fsp3) is 0.280. The SMILES string of the molecule is O=C(O)/C=C\C(=O)O.[2H]C([2H])([2H])NCC([2H])([2H])N1C(=O)[C@H](OC(C)=O)[C@H](c2ccc(OC)cc2)Sc2ccccc21. The summed E-state index contributed by atoms with van der Waals surface area (Å²) in [5, 5.41) is 17.1. The quantitative estimate of drug-likeness (QED) is 0.350. The minimum Gasteiger partial charge on any atom is -0.497 e. The highest BCUT2D eigenvalue weighted by atomic mass is 32.2. The molecule has 1 aliphatic heterocycles. The molecule has 0 radical (unpaired) electrons. The molecule has 2 atom stereocenters. The first-order valence-electron chi connectivity index (χ1n) is 12.9. The standard InChI is InChI=1S/C21H24N2O4S.C4H4O4/c1-14(24)27-19-20(15-8-10-16(26-3)11-9-15)28-18-7-5-4-6-17(18)23(21(19)25)13-12-22-2;5-3(6)1-2-4(7)8/h4-11,19-20,22H,12-13H2,1-3H3;1-2H,(H,5,6)(H,7,8)/b;2-1-/t19-,20+;/m1./s1/i2D3,13D2;. The van der Waals surface area contributed by atoms with Crippen LogP contribution in [0.25, 0.3) is 0 Å². The molecule has 36 heavy (non-hydrogen) atoms. The first-order valence-corrected chi connectivity index (χ1v) is 11.2. The lowest BCUT2D eigenvalue weighted by molar-refractivity contribution is -0.152. The minimum absolute atomic E-state index is 0.262. The average molecular weight is 522 g/mol. The second-order valence-electron chi connectivity index (χ2n) is 7.00. The number of ether oxygens (including phenoxy) is 2. The van der Waals surface area contributed by atoms with Crippen LogP contribution >= 0.6 is 11.8 Å². The molecule has 3 N–H and O–H groups in total. The molecule has 192 valence electrons. The van der Waals surface area contributed by atoms with E-state index in [1.165, 1.54) is 25.8 Å². The molecule has 0 spiro atoms. The summed E-state index contributed by atoms with van der Waals surface area (Å²) in [5.74, 6) is -3.39. The lowest BCUT2D eigenvalue weighted by Gasteiger charge is -2.27. The van der Waals surface area contributed by atoms with Crippen molar-refractivity contribution in [1.82, 2.24) is 5.32 Å². The number of hydrogen-bond acceptors (Lipinski definition) is 8. The summed E-state index contributed by atoms with van der Waals surface area (Å²) < 4.78 is 49.7. The van der Waals surface area contributed by atoms with Crippen LogP contribution in [0.3, 0.4) is 0 Å². The van der Waals surface area contributed by atoms with Crippen LogP contribution in [-0.2, 0) is 23.9 Å². The normalized spacial score (nSPS) is 19.7. The Morgan fingerprint density at radius 1 is 1.14 bits per heavy atom. The van der Waals surface area contributed by atoms with Gasteiger partial charge < -0.3 is 29.9 Å². The number of carboxylic acid groups (broad SMARTS) is 2. The largest absolute Gasteiger partial charge is 0.497 e. The van der Waals surface area contributed by atoms with E-state index >= 15 is 0 Å². The molecular formula is C25H28N2O8S. The number of nitrogens with one attached hydrogen (secondary N) is 1. The number of esters is 1. The van der Waals surface area contributed by atoms with Crippen LogP contribution in [-0.4, -0.2) is 67.3 Å². The first kappa shape index (κ1) is 21.5. The second-order valence-corrected chi connectivity index (χ2v) is 8.19. The molecule has 1 heterocycles. The van der Waals surface area contributed by atoms with Gasteiger partial charge in [0.25, 0.3) is 5.91 Å². The van der Waals surface area contributed by atoms with Crippen molar-refractivity contribution in [3.63, 3.8) is 0 Å². The maximum atomic E-state index is 13.7. The Kier molecular flexibility index (Phi) is 8.29. The van der Waals surface area contributed by atoms with Gasteiger partial charge in [-0.25, -0.2) is 9.59 Å². The predicted molar refractivity (Wildman–Crippen MR) is 134 cm³/mol. The van der Waals surface area contributed by atoms with E-state index in [1.807, 2.05) is 0 Å². The molecule has 0 aromatic heterocycles. The number of carboxylic acids is 2. The van der Waals surface area contributed by atoms with Crippen LogP contribution in [0.4, 0.5) is 5.69 Å². The number of hydrogen-bond donors (Lipinski definition) is 3. The third kappa shape index (κ3) is 8.14. The Hall–Kier alpha value is -3.83. The molecule has 1 amide bonds. The summed E-state index contributed by atoms with van der Waals surface area (Å²) in [4.78, 5) is 46.2. The number of carbonyl (C=O) groups is 4. The number of benzene rings is 2. The highest BCUT2D eigenvalue weighted by molar-refractivity contribution is 7.99. The van der Waals surface area contributed by atoms with E-state index < -0.39 is 55.2 Å². The van der Waals surface area contributed by atoms with Crippen LogP contribution < -0.4 is 15.0 Å². The molecule has 1 aliphatic rings. The number of aliphatic carboxylic acids is 2. The molecule has 0 unspecified atom stereocenters. The van der Waals surface area contributed by atoms with E-state index in [0.717, 1.165) is 4.90 Å². The van der Waals surface area contributed by atoms with Gasteiger partial charge in [-0.1, -0.05) is 24.3 Å². The van der Waals surface area contributed by atoms with Crippen LogP contribution in [0, 0.1) is 0 Å². The number of thioether (sulfide) groups is 1. The topological polar surface area (TPSA) is 142 Å². The van der Waals surface area contributed by atoms with E-state index in [-0.39, 0.29) is 5.69 Å². The van der Waals surface area contributed by atoms with E-state index in [1.54, 1.807) is 48.5 Å². The van der Waals surface area contributed by atoms with Crippen molar-refractivity contribution >= 4 is 41.3 Å². The lowest BCUT2D eigenvalue weighted by Crippen LogP contribution is -2.45. The summed E-state index contributed by atoms with van der Waals surface area (Å²) in [7, 11) is 1.53. The van der Waals surface area contributed by atoms with Gasteiger partial charge in [0.1, 0.15) is 5.75 Å². The molecule has 0 aliphatic carbocycles. The predicted octanol–water partition coefficient (Wildman–Crippen LogP) is 2.74. The molecule has 0 fully saturated rings. The molecule has 0 saturated carbocycles. The van der Waals surface area contributed by atoms with Crippen LogP contribution in [0.5, 0.6) is 5.75 Å². The van der Waals surface area contributed by atoms with E-state index in [0.29, 0.717) is 28.4 Å². The number of methoxy groups -OCH3 is 1. The summed E-state index contributed by atoms with van der Waals surface area (Å²) in [6.45, 7) is -4.52. The average Bonchev–Trinajstić information content (AvgIpc) is 3.01. The molecule has 0 saturated heterocycles. The van der Waals surface area contributed by atoms with Gasteiger partial charge in [-0.15, -0.1) is 11.8 Å². The number of nitrogens with zero attached hydrogens (tertiary/aromatic N) is 1. The van der Waals surface area contributed by atoms with Crippen LogP contribution in [0.2, 0.25) is 0 Å². The molecule has 2 aromatic rings. The van der Waals surface area contributed by atoms with Gasteiger partial charge in [0.2, 0.25) is 0 Å². The fourth-order valence-electron chi connectivity index (χ4n) is 3.07. The summed E-state index contributed by atoms with van der Waals surface area (Å²) in [5.41, 5.74) is 0.941. The van der Waals surface area contributed by atoms with E-state index in [4.69, 9.17) is 26.5 Å². The Morgan fingerprint density at radius 3 is 2.33 bits per heavy atom. The number of amides is 1. The van der Waals surface area contributed by atoms with Gasteiger partial charge in [0, 0.05) is 41.1 Å². The van der Waals surface area contributed by atoms with Crippen molar-refractivity contribution in [3.05, 3.63) is 66.2 Å². The molecule has 2 aromatic carbocycles. The van der Waals surface area contributed by atoms with Crippen molar-refractivity contribution in [2.45, 2.75) is 23.2 Å². The fourth-order valence-corrected chi connectivity index (χ4v) is 4.37. The zero-order valence-corrected chi connectivity index (χ0v) is 20.2. The Bertz CT molecular complexity index is 1270. The molecule has 3 rings (SSSR count). The van der Waals surface area contributed by atoms with Crippen molar-refractivity contribution in [2.75, 3.05) is 32.0 Å². The van der Waals surface area contributed by atoms with Gasteiger partial charge in [0.05, 0.1) is 20.8 Å². The Balaban J connectivity index is 0.000000642. The second kappa shape index (κ2) is 13.9. The highest BCUT2D eigenvalue weighted by Crippen LogP contribution is 2.46. The van der Waals surface area contributed by atoms with Crippen molar-refractivity contribution in [2.24, 2.45) is 0 Å². The van der Waals surface area contributed by atoms with Gasteiger partial charge >= 0.3 is 17.9 Å². The third-order valence-corrected chi connectivity index (χ3v) is 5.90. The lowest BCUT2D eigenvalue weighted by atomic mass is 10.1. The number of para-hydroxylation sites is 1. The monoisotopic (exact) mass is 521 g/mol. The summed E-state index contributed by atoms with van der Waals surface area (Å²) in [6.07, 6.45) is -0.235. The molecular weight excluding hydrogens is 488 g/mol. The Morgan fingerprint density at radius 2 is 1.78 bits per heavy atom. The number of rotatable bonds is 8. The van der Waals surface area contributed by atoms with Crippen molar-refractivity contribution < 1.29 is 45.7 Å². The zero-order chi connectivity index (χ0) is 31.0. The van der Waals surface area contributed by atoms with Crippen molar-refractivity contribution in [3.8, 4) is 5.75 Å². The summed E-state index contributed by atoms with van der Waals surface area (Å²) >= 11 is 1.26. The zero-order valence-electron chi connectivity index (χ0n) is 24.3. The number of fused-ring (bicyclic) bond motifs is 1. The van der Waals surface area contributed by atoms with Gasteiger partial charge in [-0.05, 0) is 36.8 Å². The van der Waals surface area contributed by atoms with Gasteiger partial charge in [0.15, 0.2) is 6.10 Å². The number of likely N-dealkylation sites (N-methyl/N-ethyl adjacent to an activating group) is 1. The van der Waals surface area contributed by atoms with E-state index in [9.17, 15) is 19.2 Å². The number of carbonyl (C=O) groups excluding carboxylic acids is 2. The highest BCUT2D eigenvalue weighted by Gasteiger charge is 2.40. The maximum absolute atomic E-state index is 13.7. The smallest absolute Gasteiger partial charge is 0.328 e. The minimum atomic E-state index is -2.60. The van der Waals surface area contributed by atoms with Crippen molar-refractivity contribution in [1.29, 1.82) is 0 Å². The van der Waals surface area contributed by atoms with Gasteiger partial charge in [-0.3, -0.25) is 9.59 Å². The molecule has 11 heteroatoms. The number of anilines is 1. The first-order chi connectivity index (χ1) is 19.1. The van der Waals surface area contributed by atoms with E-state index in [2.05, 4.69) is 5.32 Å². The summed E-state index contributed by atoms with van der Waals surface area (Å²) in [6, 6.07) is 13.7. The Labute approximate surface area is 219 Å². The molecule has 10 nitrogen and oxygen atoms in total.